The SMILES string of the molecule is C=CC(=O)N1CCN(CC(=O)CC)CC1. The molecule has 0 aromatic carbocycles. The van der Waals surface area contributed by atoms with Crippen LogP contribution in [0.3, 0.4) is 0 Å². The Morgan fingerprint density at radius 1 is 1.27 bits per heavy atom. The van der Waals surface area contributed by atoms with Crippen molar-refractivity contribution in [3.63, 3.8) is 0 Å². The first-order chi connectivity index (χ1) is 7.17. The van der Waals surface area contributed by atoms with E-state index < -0.39 is 0 Å². The van der Waals surface area contributed by atoms with Gasteiger partial charge in [-0.1, -0.05) is 13.5 Å². The van der Waals surface area contributed by atoms with Crippen molar-refractivity contribution in [3.8, 4) is 0 Å². The van der Waals surface area contributed by atoms with Crippen LogP contribution in [0.5, 0.6) is 0 Å². The Kier molecular flexibility index (Phi) is 4.49. The number of Topliss-reactive ketones (excluding diaryl/α,β-unsaturated/α-hetero) is 1. The summed E-state index contributed by atoms with van der Waals surface area (Å²) in [6.45, 7) is 8.81. The second-order valence-corrected chi connectivity index (χ2v) is 3.70. The summed E-state index contributed by atoms with van der Waals surface area (Å²) in [4.78, 5) is 26.3. The average Bonchev–Trinajstić information content (AvgIpc) is 2.29. The maximum absolute atomic E-state index is 11.3. The van der Waals surface area contributed by atoms with E-state index in [1.165, 1.54) is 6.08 Å². The summed E-state index contributed by atoms with van der Waals surface area (Å²) >= 11 is 0. The van der Waals surface area contributed by atoms with E-state index >= 15 is 0 Å². The smallest absolute Gasteiger partial charge is 0.246 e. The van der Waals surface area contributed by atoms with Gasteiger partial charge in [-0.05, 0) is 6.08 Å². The Bertz CT molecular complexity index is 255. The molecule has 4 nitrogen and oxygen atoms in total. The zero-order valence-corrected chi connectivity index (χ0v) is 9.24. The fourth-order valence-corrected chi connectivity index (χ4v) is 1.62. The average molecular weight is 210 g/mol. The summed E-state index contributed by atoms with van der Waals surface area (Å²) in [5.74, 6) is 0.245. The fourth-order valence-electron chi connectivity index (χ4n) is 1.62. The lowest BCUT2D eigenvalue weighted by molar-refractivity contribution is -0.128. The first-order valence-electron chi connectivity index (χ1n) is 5.32. The first kappa shape index (κ1) is 11.9. The number of hydrogen-bond donors (Lipinski definition) is 0. The molecule has 0 saturated carbocycles. The summed E-state index contributed by atoms with van der Waals surface area (Å²) in [5, 5.41) is 0. The third-order valence-corrected chi connectivity index (χ3v) is 2.65. The van der Waals surface area contributed by atoms with Crippen molar-refractivity contribution >= 4 is 11.7 Å². The van der Waals surface area contributed by atoms with Crippen molar-refractivity contribution in [2.24, 2.45) is 0 Å². The van der Waals surface area contributed by atoms with Crippen LogP contribution in [0.1, 0.15) is 13.3 Å². The van der Waals surface area contributed by atoms with Crippen molar-refractivity contribution < 1.29 is 9.59 Å². The molecular formula is C11H18N2O2. The van der Waals surface area contributed by atoms with Gasteiger partial charge < -0.3 is 4.90 Å². The van der Waals surface area contributed by atoms with Gasteiger partial charge in [0.15, 0.2) is 0 Å². The Morgan fingerprint density at radius 3 is 2.33 bits per heavy atom. The van der Waals surface area contributed by atoms with Crippen molar-refractivity contribution in [3.05, 3.63) is 12.7 Å². The van der Waals surface area contributed by atoms with E-state index in [0.29, 0.717) is 26.1 Å². The molecule has 0 radical (unpaired) electrons. The van der Waals surface area contributed by atoms with E-state index in [2.05, 4.69) is 11.5 Å². The van der Waals surface area contributed by atoms with Crippen LogP contribution in [0, 0.1) is 0 Å². The van der Waals surface area contributed by atoms with Gasteiger partial charge in [-0.3, -0.25) is 14.5 Å². The molecule has 15 heavy (non-hydrogen) atoms. The highest BCUT2D eigenvalue weighted by atomic mass is 16.2. The Labute approximate surface area is 90.5 Å². The molecule has 1 amide bonds. The van der Waals surface area contributed by atoms with Crippen LogP contribution in [-0.4, -0.2) is 54.2 Å². The first-order valence-corrected chi connectivity index (χ1v) is 5.32. The maximum atomic E-state index is 11.3. The normalized spacial score (nSPS) is 17.5. The van der Waals surface area contributed by atoms with Crippen molar-refractivity contribution in [2.45, 2.75) is 13.3 Å². The highest BCUT2D eigenvalue weighted by Gasteiger charge is 2.20. The zero-order chi connectivity index (χ0) is 11.3. The zero-order valence-electron chi connectivity index (χ0n) is 9.24. The van der Waals surface area contributed by atoms with Crippen LogP contribution < -0.4 is 0 Å². The maximum Gasteiger partial charge on any atom is 0.246 e. The number of carbonyl (C=O) groups excluding carboxylic acids is 2. The summed E-state index contributed by atoms with van der Waals surface area (Å²) in [6.07, 6.45) is 1.93. The van der Waals surface area contributed by atoms with E-state index in [9.17, 15) is 9.59 Å². The van der Waals surface area contributed by atoms with Crippen molar-refractivity contribution in [2.75, 3.05) is 32.7 Å². The molecule has 4 heteroatoms. The van der Waals surface area contributed by atoms with Crippen molar-refractivity contribution in [1.82, 2.24) is 9.80 Å². The van der Waals surface area contributed by atoms with E-state index in [-0.39, 0.29) is 11.7 Å². The number of ketones is 1. The van der Waals surface area contributed by atoms with E-state index in [1.54, 1.807) is 4.90 Å². The van der Waals surface area contributed by atoms with Gasteiger partial charge in [-0.25, -0.2) is 0 Å². The summed E-state index contributed by atoms with van der Waals surface area (Å²) in [5.41, 5.74) is 0. The third kappa shape index (κ3) is 3.47. The minimum Gasteiger partial charge on any atom is -0.337 e. The van der Waals surface area contributed by atoms with Crippen LogP contribution in [0.2, 0.25) is 0 Å². The number of amides is 1. The van der Waals surface area contributed by atoms with Crippen LogP contribution in [0.25, 0.3) is 0 Å². The molecule has 0 aromatic heterocycles. The molecule has 1 aliphatic rings. The predicted molar refractivity (Wildman–Crippen MR) is 58.5 cm³/mol. The van der Waals surface area contributed by atoms with Crippen LogP contribution in [0.15, 0.2) is 12.7 Å². The molecule has 1 heterocycles. The van der Waals surface area contributed by atoms with Gasteiger partial charge in [0, 0.05) is 32.6 Å². The lowest BCUT2D eigenvalue weighted by atomic mass is 10.2. The topological polar surface area (TPSA) is 40.6 Å². The van der Waals surface area contributed by atoms with Gasteiger partial charge in [0.2, 0.25) is 5.91 Å². The van der Waals surface area contributed by atoms with E-state index in [1.807, 2.05) is 6.92 Å². The molecule has 1 aliphatic heterocycles. The van der Waals surface area contributed by atoms with Gasteiger partial charge in [0.1, 0.15) is 5.78 Å². The second kappa shape index (κ2) is 5.66. The molecule has 0 spiro atoms. The van der Waals surface area contributed by atoms with E-state index in [4.69, 9.17) is 0 Å². The standard InChI is InChI=1S/C11H18N2O2/c1-3-10(14)9-12-5-7-13(8-6-12)11(15)4-2/h4H,2-3,5-9H2,1H3. The van der Waals surface area contributed by atoms with Gasteiger partial charge in [0.25, 0.3) is 0 Å². The summed E-state index contributed by atoms with van der Waals surface area (Å²) in [6, 6.07) is 0. The predicted octanol–water partition coefficient (Wildman–Crippen LogP) is 0.296. The molecule has 0 N–H and O–H groups in total. The van der Waals surface area contributed by atoms with Gasteiger partial charge in [0.05, 0.1) is 6.54 Å². The number of piperazine rings is 1. The number of carbonyl (C=O) groups is 2. The molecule has 0 aromatic rings. The Morgan fingerprint density at radius 2 is 1.87 bits per heavy atom. The van der Waals surface area contributed by atoms with Crippen LogP contribution in [-0.2, 0) is 9.59 Å². The molecule has 1 saturated heterocycles. The highest BCUT2D eigenvalue weighted by molar-refractivity contribution is 5.87. The van der Waals surface area contributed by atoms with Gasteiger partial charge in [-0.2, -0.15) is 0 Å². The minimum absolute atomic E-state index is 0.0172. The van der Waals surface area contributed by atoms with Gasteiger partial charge in [-0.15, -0.1) is 0 Å². The lowest BCUT2D eigenvalue weighted by Crippen LogP contribution is -2.49. The number of rotatable bonds is 4. The molecule has 84 valence electrons. The largest absolute Gasteiger partial charge is 0.337 e. The summed E-state index contributed by atoms with van der Waals surface area (Å²) < 4.78 is 0. The van der Waals surface area contributed by atoms with Crippen LogP contribution in [0.4, 0.5) is 0 Å². The third-order valence-electron chi connectivity index (χ3n) is 2.65. The van der Waals surface area contributed by atoms with E-state index in [0.717, 1.165) is 13.1 Å². The Hall–Kier alpha value is -1.16. The molecule has 0 aliphatic carbocycles. The number of nitrogens with zero attached hydrogens (tertiary/aromatic N) is 2. The molecule has 0 bridgehead atoms. The fraction of sp³-hybridized carbons (Fsp3) is 0.636. The number of hydrogen-bond acceptors (Lipinski definition) is 3. The van der Waals surface area contributed by atoms with Crippen molar-refractivity contribution in [1.29, 1.82) is 0 Å². The van der Waals surface area contributed by atoms with Crippen LogP contribution >= 0.6 is 0 Å². The monoisotopic (exact) mass is 210 g/mol. The van der Waals surface area contributed by atoms with Gasteiger partial charge >= 0.3 is 0 Å². The highest BCUT2D eigenvalue weighted by Crippen LogP contribution is 2.02. The molecule has 0 atom stereocenters. The molecule has 0 unspecified atom stereocenters. The quantitative estimate of drug-likeness (QED) is 0.626. The molecular weight excluding hydrogens is 192 g/mol. The second-order valence-electron chi connectivity index (χ2n) is 3.70. The minimum atomic E-state index is -0.0172. The summed E-state index contributed by atoms with van der Waals surface area (Å²) in [7, 11) is 0. The molecule has 1 fully saturated rings. The Balaban J connectivity index is 2.32. The molecule has 1 rings (SSSR count). The lowest BCUT2D eigenvalue weighted by Gasteiger charge is -2.33.